The smallest absolute Gasteiger partial charge is 0.352 e. The minimum Gasteiger partial charge on any atom is -0.352 e. The van der Waals surface area contributed by atoms with E-state index in [1.165, 1.54) is 27.6 Å². The Morgan fingerprint density at radius 1 is 1.03 bits per heavy atom. The molecule has 1 aliphatic rings. The lowest BCUT2D eigenvalue weighted by Crippen LogP contribution is -2.49. The predicted octanol–water partition coefficient (Wildman–Crippen LogP) is 3.63. The van der Waals surface area contributed by atoms with Gasteiger partial charge >= 0.3 is 6.18 Å². The Morgan fingerprint density at radius 3 is 2.49 bits per heavy atom. The number of benzene rings is 1. The number of imidazole rings is 1. The van der Waals surface area contributed by atoms with E-state index < -0.39 is 17.6 Å². The summed E-state index contributed by atoms with van der Waals surface area (Å²) in [6, 6.07) is 8.38. The van der Waals surface area contributed by atoms with Gasteiger partial charge in [0.1, 0.15) is 11.5 Å². The lowest BCUT2D eigenvalue weighted by atomic mass is 10.1. The third kappa shape index (κ3) is 5.55. The average Bonchev–Trinajstić information content (AvgIpc) is 3.29. The van der Waals surface area contributed by atoms with Crippen LogP contribution in [0.4, 0.5) is 19.0 Å². The number of hydrogen-bond donors (Lipinski definition) is 1. The van der Waals surface area contributed by atoms with E-state index in [1.807, 2.05) is 4.90 Å². The van der Waals surface area contributed by atoms with E-state index in [1.54, 1.807) is 18.3 Å². The summed E-state index contributed by atoms with van der Waals surface area (Å²) >= 11 is 0. The summed E-state index contributed by atoms with van der Waals surface area (Å²) in [5.74, 6) is -0.253. The van der Waals surface area contributed by atoms with Crippen LogP contribution >= 0.6 is 0 Å². The van der Waals surface area contributed by atoms with Gasteiger partial charge in [0.15, 0.2) is 5.65 Å². The molecule has 1 aliphatic heterocycles. The Balaban J connectivity index is 1.40. The summed E-state index contributed by atoms with van der Waals surface area (Å²) in [4.78, 5) is 32.8. The van der Waals surface area contributed by atoms with Crippen molar-refractivity contribution in [3.8, 4) is 0 Å². The first-order valence-electron chi connectivity index (χ1n) is 11.6. The molecule has 0 atom stereocenters. The molecular weight excluding hydrogens is 461 g/mol. The third-order valence-corrected chi connectivity index (χ3v) is 5.96. The molecule has 0 aliphatic carbocycles. The van der Waals surface area contributed by atoms with Crippen molar-refractivity contribution in [2.75, 3.05) is 37.6 Å². The molecule has 2 aromatic heterocycles. The maximum Gasteiger partial charge on any atom is 0.417 e. The number of aromatic nitrogens is 3. The number of fused-ring (bicyclic) bond motifs is 1. The summed E-state index contributed by atoms with van der Waals surface area (Å²) in [6.07, 6.45) is 0.00382. The SMILES string of the molecule is CCCCCNC(=O)c1cn2nc(N3CCN(C(=O)c4ccccc4C(F)(F)F)CC3)ccc2n1. The first-order chi connectivity index (χ1) is 16.8. The Bertz CT molecular complexity index is 1200. The maximum atomic E-state index is 13.3. The molecule has 186 valence electrons. The van der Waals surface area contributed by atoms with Crippen molar-refractivity contribution in [3.63, 3.8) is 0 Å². The number of hydrogen-bond acceptors (Lipinski definition) is 5. The second-order valence-electron chi connectivity index (χ2n) is 8.41. The van der Waals surface area contributed by atoms with Gasteiger partial charge in [-0.2, -0.15) is 13.2 Å². The molecule has 0 bridgehead atoms. The van der Waals surface area contributed by atoms with Crippen molar-refractivity contribution in [3.05, 3.63) is 59.4 Å². The largest absolute Gasteiger partial charge is 0.417 e. The van der Waals surface area contributed by atoms with Gasteiger partial charge in [-0.1, -0.05) is 31.9 Å². The number of carbonyl (C=O) groups is 2. The Morgan fingerprint density at radius 2 is 1.77 bits per heavy atom. The van der Waals surface area contributed by atoms with E-state index in [9.17, 15) is 22.8 Å². The molecule has 3 aromatic rings. The van der Waals surface area contributed by atoms with Crippen LogP contribution in [0.1, 0.15) is 52.6 Å². The van der Waals surface area contributed by atoms with Crippen LogP contribution in [-0.4, -0.2) is 64.0 Å². The van der Waals surface area contributed by atoms with Crippen molar-refractivity contribution in [1.82, 2.24) is 24.8 Å². The van der Waals surface area contributed by atoms with Crippen LogP contribution in [0.3, 0.4) is 0 Å². The third-order valence-electron chi connectivity index (χ3n) is 5.96. The fourth-order valence-corrected chi connectivity index (χ4v) is 4.04. The predicted molar refractivity (Wildman–Crippen MR) is 124 cm³/mol. The van der Waals surface area contributed by atoms with E-state index >= 15 is 0 Å². The topological polar surface area (TPSA) is 82.8 Å². The van der Waals surface area contributed by atoms with E-state index in [2.05, 4.69) is 22.3 Å². The van der Waals surface area contributed by atoms with Crippen molar-refractivity contribution in [2.45, 2.75) is 32.4 Å². The minimum atomic E-state index is -4.59. The van der Waals surface area contributed by atoms with Gasteiger partial charge in [0, 0.05) is 32.7 Å². The van der Waals surface area contributed by atoms with Gasteiger partial charge in [-0.25, -0.2) is 9.50 Å². The second-order valence-corrected chi connectivity index (χ2v) is 8.41. The van der Waals surface area contributed by atoms with Crippen molar-refractivity contribution in [2.24, 2.45) is 0 Å². The zero-order valence-electron chi connectivity index (χ0n) is 19.4. The number of nitrogens with zero attached hydrogens (tertiary/aromatic N) is 5. The number of rotatable bonds is 7. The summed E-state index contributed by atoms with van der Waals surface area (Å²) < 4.78 is 41.5. The molecule has 4 rings (SSSR count). The highest BCUT2D eigenvalue weighted by molar-refractivity contribution is 5.96. The fourth-order valence-electron chi connectivity index (χ4n) is 4.04. The molecule has 1 fully saturated rings. The van der Waals surface area contributed by atoms with Gasteiger partial charge in [0.2, 0.25) is 0 Å². The monoisotopic (exact) mass is 488 g/mol. The van der Waals surface area contributed by atoms with Gasteiger partial charge in [-0.15, -0.1) is 5.10 Å². The highest BCUT2D eigenvalue weighted by atomic mass is 19.4. The number of amides is 2. The van der Waals surface area contributed by atoms with Gasteiger partial charge < -0.3 is 15.1 Å². The van der Waals surface area contributed by atoms with Crippen LogP contribution in [-0.2, 0) is 6.18 Å². The number of anilines is 1. The number of piperazine rings is 1. The molecule has 1 N–H and O–H groups in total. The quantitative estimate of drug-likeness (QED) is 0.514. The van der Waals surface area contributed by atoms with Gasteiger partial charge in [0.25, 0.3) is 11.8 Å². The van der Waals surface area contributed by atoms with Crippen LogP contribution in [0.2, 0.25) is 0 Å². The van der Waals surface area contributed by atoms with Crippen molar-refractivity contribution in [1.29, 1.82) is 0 Å². The zero-order chi connectivity index (χ0) is 25.0. The van der Waals surface area contributed by atoms with Crippen LogP contribution in [0.15, 0.2) is 42.6 Å². The molecule has 0 saturated carbocycles. The van der Waals surface area contributed by atoms with Crippen LogP contribution in [0, 0.1) is 0 Å². The molecule has 35 heavy (non-hydrogen) atoms. The number of carbonyl (C=O) groups excluding carboxylic acids is 2. The van der Waals surface area contributed by atoms with Crippen LogP contribution in [0.25, 0.3) is 5.65 Å². The number of unbranched alkanes of at least 4 members (excludes halogenated alkanes) is 2. The van der Waals surface area contributed by atoms with E-state index in [-0.39, 0.29) is 30.3 Å². The highest BCUT2D eigenvalue weighted by Gasteiger charge is 2.36. The molecule has 0 unspecified atom stereocenters. The lowest BCUT2D eigenvalue weighted by molar-refractivity contribution is -0.138. The Kier molecular flexibility index (Phi) is 7.23. The molecular formula is C24H27F3N6O2. The van der Waals surface area contributed by atoms with Gasteiger partial charge in [-0.3, -0.25) is 9.59 Å². The van der Waals surface area contributed by atoms with Gasteiger partial charge in [0.05, 0.1) is 17.3 Å². The summed E-state index contributed by atoms with van der Waals surface area (Å²) in [5.41, 5.74) is -0.452. The number of nitrogens with one attached hydrogen (secondary N) is 1. The number of halogens is 3. The van der Waals surface area contributed by atoms with E-state index in [0.717, 1.165) is 25.3 Å². The normalized spacial score (nSPS) is 14.4. The molecule has 1 saturated heterocycles. The minimum absolute atomic E-state index is 0.251. The second kappa shape index (κ2) is 10.3. The molecule has 8 nitrogen and oxygen atoms in total. The van der Waals surface area contributed by atoms with Crippen LogP contribution in [0.5, 0.6) is 0 Å². The maximum absolute atomic E-state index is 13.3. The molecule has 0 spiro atoms. The Hall–Kier alpha value is -3.63. The standard InChI is InChI=1S/C24H27F3N6O2/c1-2-3-6-11-28-22(34)19-16-33-20(29-19)9-10-21(30-33)31-12-14-32(15-13-31)23(35)17-7-4-5-8-18(17)24(25,26)27/h4-5,7-10,16H,2-3,6,11-15H2,1H3,(H,28,34). The average molecular weight is 489 g/mol. The first kappa shape index (κ1) is 24.5. The molecule has 0 radical (unpaired) electrons. The summed E-state index contributed by atoms with van der Waals surface area (Å²) in [6.45, 7) is 4.05. The van der Waals surface area contributed by atoms with Crippen molar-refractivity contribution < 1.29 is 22.8 Å². The van der Waals surface area contributed by atoms with Gasteiger partial charge in [-0.05, 0) is 30.7 Å². The lowest BCUT2D eigenvalue weighted by Gasteiger charge is -2.35. The highest BCUT2D eigenvalue weighted by Crippen LogP contribution is 2.32. The summed E-state index contributed by atoms with van der Waals surface area (Å²) in [7, 11) is 0. The van der Waals surface area contributed by atoms with E-state index in [4.69, 9.17) is 0 Å². The summed E-state index contributed by atoms with van der Waals surface area (Å²) in [5, 5.41) is 7.39. The molecule has 11 heteroatoms. The zero-order valence-corrected chi connectivity index (χ0v) is 19.4. The fraction of sp³-hybridized carbons (Fsp3) is 0.417. The number of alkyl halides is 3. The molecule has 2 amide bonds. The molecule has 1 aromatic carbocycles. The Labute approximate surface area is 200 Å². The van der Waals surface area contributed by atoms with Crippen molar-refractivity contribution >= 4 is 23.3 Å². The first-order valence-corrected chi connectivity index (χ1v) is 11.6. The molecule has 3 heterocycles. The van der Waals surface area contributed by atoms with Crippen LogP contribution < -0.4 is 10.2 Å². The van der Waals surface area contributed by atoms with E-state index in [0.29, 0.717) is 31.1 Å².